The van der Waals surface area contributed by atoms with Gasteiger partial charge in [-0.05, 0) is 29.8 Å². The van der Waals surface area contributed by atoms with Crippen LogP contribution < -0.4 is 11.1 Å². The van der Waals surface area contributed by atoms with Gasteiger partial charge < -0.3 is 11.1 Å². The minimum atomic E-state index is -1.66. The maximum atomic E-state index is 13.4. The van der Waals surface area contributed by atoms with Gasteiger partial charge in [0.1, 0.15) is 0 Å². The Bertz CT molecular complexity index is 642. The van der Waals surface area contributed by atoms with Crippen LogP contribution in [0.4, 0.5) is 18.9 Å². The number of nitrogens with one attached hydrogen (secondary N) is 1. The highest BCUT2D eigenvalue weighted by Crippen LogP contribution is 2.15. The monoisotopic (exact) mass is 280 g/mol. The van der Waals surface area contributed by atoms with Gasteiger partial charge in [0.2, 0.25) is 0 Å². The fraction of sp³-hybridized carbons (Fsp3) is 0.0714. The topological polar surface area (TPSA) is 55.1 Å². The molecule has 0 unspecified atom stereocenters. The van der Waals surface area contributed by atoms with E-state index >= 15 is 0 Å². The lowest BCUT2D eigenvalue weighted by molar-refractivity contribution is 0.0945. The van der Waals surface area contributed by atoms with Crippen LogP contribution in [-0.2, 0) is 6.54 Å². The molecule has 0 radical (unpaired) electrons. The molecule has 0 aromatic heterocycles. The van der Waals surface area contributed by atoms with E-state index in [1.54, 1.807) is 24.3 Å². The molecule has 0 heterocycles. The normalized spacial score (nSPS) is 10.3. The van der Waals surface area contributed by atoms with Crippen molar-refractivity contribution in [2.45, 2.75) is 6.54 Å². The predicted octanol–water partition coefficient (Wildman–Crippen LogP) is 2.62. The van der Waals surface area contributed by atoms with Crippen molar-refractivity contribution in [3.63, 3.8) is 0 Å². The molecule has 0 spiro atoms. The molecule has 0 saturated carbocycles. The van der Waals surface area contributed by atoms with E-state index in [0.29, 0.717) is 11.8 Å². The van der Waals surface area contributed by atoms with Crippen LogP contribution in [0.1, 0.15) is 15.9 Å². The molecule has 0 bridgehead atoms. The van der Waals surface area contributed by atoms with Crippen molar-refractivity contribution in [2.24, 2.45) is 0 Å². The zero-order valence-corrected chi connectivity index (χ0v) is 10.3. The van der Waals surface area contributed by atoms with Gasteiger partial charge in [0, 0.05) is 12.2 Å². The number of hydrogen-bond donors (Lipinski definition) is 2. The van der Waals surface area contributed by atoms with Gasteiger partial charge in [0.05, 0.1) is 5.56 Å². The number of anilines is 1. The number of hydrogen-bond acceptors (Lipinski definition) is 2. The molecule has 2 aromatic rings. The largest absolute Gasteiger partial charge is 0.399 e. The number of benzene rings is 2. The van der Waals surface area contributed by atoms with Crippen LogP contribution in [0, 0.1) is 17.5 Å². The Morgan fingerprint density at radius 2 is 1.65 bits per heavy atom. The second-order valence-electron chi connectivity index (χ2n) is 4.15. The summed E-state index contributed by atoms with van der Waals surface area (Å²) in [6.07, 6.45) is 0. The van der Waals surface area contributed by atoms with Crippen molar-refractivity contribution >= 4 is 11.6 Å². The summed E-state index contributed by atoms with van der Waals surface area (Å²) in [6, 6.07) is 8.29. The van der Waals surface area contributed by atoms with Gasteiger partial charge in [-0.3, -0.25) is 4.79 Å². The zero-order valence-electron chi connectivity index (χ0n) is 10.3. The van der Waals surface area contributed by atoms with Gasteiger partial charge in [0.15, 0.2) is 17.5 Å². The van der Waals surface area contributed by atoms with E-state index in [2.05, 4.69) is 5.32 Å². The molecule has 2 rings (SSSR count). The molecule has 104 valence electrons. The fourth-order valence-corrected chi connectivity index (χ4v) is 1.61. The van der Waals surface area contributed by atoms with E-state index in [0.717, 1.165) is 11.6 Å². The van der Waals surface area contributed by atoms with Crippen LogP contribution in [0.5, 0.6) is 0 Å². The number of carbonyl (C=O) groups is 1. The maximum Gasteiger partial charge on any atom is 0.254 e. The van der Waals surface area contributed by atoms with Crippen molar-refractivity contribution in [3.8, 4) is 0 Å². The highest BCUT2D eigenvalue weighted by atomic mass is 19.2. The molecule has 0 saturated heterocycles. The molecule has 0 fully saturated rings. The molecular weight excluding hydrogens is 269 g/mol. The summed E-state index contributed by atoms with van der Waals surface area (Å²) in [5, 5.41) is 2.41. The Morgan fingerprint density at radius 3 is 2.30 bits per heavy atom. The average molecular weight is 280 g/mol. The van der Waals surface area contributed by atoms with Crippen LogP contribution >= 0.6 is 0 Å². The third-order valence-corrected chi connectivity index (χ3v) is 2.71. The van der Waals surface area contributed by atoms with Crippen molar-refractivity contribution in [2.75, 3.05) is 5.73 Å². The van der Waals surface area contributed by atoms with Crippen molar-refractivity contribution < 1.29 is 18.0 Å². The molecule has 3 N–H and O–H groups in total. The zero-order chi connectivity index (χ0) is 14.7. The summed E-state index contributed by atoms with van der Waals surface area (Å²) < 4.78 is 39.2. The SMILES string of the molecule is Nc1ccc(CNC(=O)c2ccc(F)c(F)c2F)cc1. The Morgan fingerprint density at radius 1 is 1.00 bits per heavy atom. The summed E-state index contributed by atoms with van der Waals surface area (Å²) >= 11 is 0. The van der Waals surface area contributed by atoms with Crippen molar-refractivity contribution in [1.82, 2.24) is 5.32 Å². The second-order valence-corrected chi connectivity index (χ2v) is 4.15. The van der Waals surface area contributed by atoms with Gasteiger partial charge >= 0.3 is 0 Å². The summed E-state index contributed by atoms with van der Waals surface area (Å²) in [5.74, 6) is -5.32. The van der Waals surface area contributed by atoms with E-state index < -0.39 is 28.9 Å². The number of nitrogen functional groups attached to an aromatic ring is 1. The van der Waals surface area contributed by atoms with Gasteiger partial charge in [0.25, 0.3) is 5.91 Å². The molecule has 3 nitrogen and oxygen atoms in total. The number of carbonyl (C=O) groups excluding carboxylic acids is 1. The van der Waals surface area contributed by atoms with Gasteiger partial charge in [-0.25, -0.2) is 13.2 Å². The predicted molar refractivity (Wildman–Crippen MR) is 68.3 cm³/mol. The Hall–Kier alpha value is -2.50. The average Bonchev–Trinajstić information content (AvgIpc) is 2.44. The van der Waals surface area contributed by atoms with E-state index in [4.69, 9.17) is 5.73 Å². The van der Waals surface area contributed by atoms with Gasteiger partial charge in [-0.1, -0.05) is 12.1 Å². The Labute approximate surface area is 113 Å². The highest BCUT2D eigenvalue weighted by molar-refractivity contribution is 5.94. The number of nitrogens with two attached hydrogens (primary N) is 1. The Balaban J connectivity index is 2.09. The highest BCUT2D eigenvalue weighted by Gasteiger charge is 2.18. The second kappa shape index (κ2) is 5.64. The van der Waals surface area contributed by atoms with E-state index in [1.807, 2.05) is 0 Å². The number of rotatable bonds is 3. The molecule has 6 heteroatoms. The molecule has 1 amide bonds. The minimum absolute atomic E-state index is 0.123. The molecular formula is C14H11F3N2O. The number of amides is 1. The quantitative estimate of drug-likeness (QED) is 0.670. The third kappa shape index (κ3) is 2.90. The Kier molecular flexibility index (Phi) is 3.93. The van der Waals surface area contributed by atoms with E-state index in [9.17, 15) is 18.0 Å². The lowest BCUT2D eigenvalue weighted by atomic mass is 10.1. The van der Waals surface area contributed by atoms with Crippen LogP contribution in [0.3, 0.4) is 0 Å². The van der Waals surface area contributed by atoms with Crippen LogP contribution in [0.15, 0.2) is 36.4 Å². The first-order chi connectivity index (χ1) is 9.49. The maximum absolute atomic E-state index is 13.4. The third-order valence-electron chi connectivity index (χ3n) is 2.71. The first-order valence-corrected chi connectivity index (χ1v) is 5.75. The number of halogens is 3. The van der Waals surface area contributed by atoms with Crippen molar-refractivity contribution in [1.29, 1.82) is 0 Å². The van der Waals surface area contributed by atoms with E-state index in [-0.39, 0.29) is 6.54 Å². The lowest BCUT2D eigenvalue weighted by Gasteiger charge is -2.07. The van der Waals surface area contributed by atoms with Crippen molar-refractivity contribution in [3.05, 3.63) is 65.0 Å². The first-order valence-electron chi connectivity index (χ1n) is 5.75. The summed E-state index contributed by atoms with van der Waals surface area (Å²) in [5.41, 5.74) is 6.29. The molecule has 0 atom stereocenters. The standard InChI is InChI=1S/C14H11F3N2O/c15-11-6-5-10(12(16)13(11)17)14(20)19-7-8-1-3-9(18)4-2-8/h1-6H,7,18H2,(H,19,20). The minimum Gasteiger partial charge on any atom is -0.399 e. The molecule has 0 aliphatic heterocycles. The smallest absolute Gasteiger partial charge is 0.254 e. The van der Waals surface area contributed by atoms with Crippen LogP contribution in [-0.4, -0.2) is 5.91 Å². The van der Waals surface area contributed by atoms with Gasteiger partial charge in [-0.2, -0.15) is 0 Å². The summed E-state index contributed by atoms with van der Waals surface area (Å²) in [7, 11) is 0. The molecule has 20 heavy (non-hydrogen) atoms. The van der Waals surface area contributed by atoms with E-state index in [1.165, 1.54) is 0 Å². The molecule has 0 aliphatic rings. The van der Waals surface area contributed by atoms with Gasteiger partial charge in [-0.15, -0.1) is 0 Å². The molecule has 2 aromatic carbocycles. The summed E-state index contributed by atoms with van der Waals surface area (Å²) in [4.78, 5) is 11.7. The molecule has 0 aliphatic carbocycles. The first kappa shape index (κ1) is 13.9. The lowest BCUT2D eigenvalue weighted by Crippen LogP contribution is -2.24. The van der Waals surface area contributed by atoms with Crippen LogP contribution in [0.25, 0.3) is 0 Å². The van der Waals surface area contributed by atoms with Crippen LogP contribution in [0.2, 0.25) is 0 Å². The summed E-state index contributed by atoms with van der Waals surface area (Å²) in [6.45, 7) is 0.123. The fourth-order valence-electron chi connectivity index (χ4n) is 1.61.